The number of carboxylic acid groups (broad SMARTS) is 1. The largest absolute Gasteiger partial charge is 0.490 e. The third-order valence-electron chi connectivity index (χ3n) is 6.99. The van der Waals surface area contributed by atoms with E-state index in [2.05, 4.69) is 21.5 Å². The number of carboxylic acids is 1. The number of aromatic nitrogens is 4. The van der Waals surface area contributed by atoms with E-state index in [0.29, 0.717) is 0 Å². The first-order valence-corrected chi connectivity index (χ1v) is 12.0. The fourth-order valence-corrected chi connectivity index (χ4v) is 5.18. The van der Waals surface area contributed by atoms with Crippen molar-refractivity contribution < 1.29 is 27.9 Å². The van der Waals surface area contributed by atoms with Crippen molar-refractivity contribution >= 4 is 11.9 Å². The number of benzene rings is 1. The van der Waals surface area contributed by atoms with E-state index in [-0.39, 0.29) is 11.4 Å². The first-order chi connectivity index (χ1) is 17.6. The number of hydrogen-bond acceptors (Lipinski definition) is 5. The van der Waals surface area contributed by atoms with E-state index in [4.69, 9.17) is 14.9 Å². The summed E-state index contributed by atoms with van der Waals surface area (Å²) in [6, 6.07) is 9.60. The molecule has 3 aromatic rings. The van der Waals surface area contributed by atoms with E-state index >= 15 is 0 Å². The van der Waals surface area contributed by atoms with Crippen molar-refractivity contribution in [2.24, 2.45) is 7.05 Å². The van der Waals surface area contributed by atoms with Gasteiger partial charge in [0.1, 0.15) is 5.82 Å². The van der Waals surface area contributed by atoms with Gasteiger partial charge >= 0.3 is 12.1 Å². The zero-order valence-corrected chi connectivity index (χ0v) is 20.6. The van der Waals surface area contributed by atoms with Crippen LogP contribution >= 0.6 is 0 Å². The smallest absolute Gasteiger partial charge is 0.475 e. The highest BCUT2D eigenvalue weighted by Gasteiger charge is 2.47. The topological polar surface area (TPSA) is 96.5 Å². The summed E-state index contributed by atoms with van der Waals surface area (Å²) in [4.78, 5) is 31.3. The summed E-state index contributed by atoms with van der Waals surface area (Å²) in [5.41, 5.74) is 2.90. The highest BCUT2D eigenvalue weighted by Crippen LogP contribution is 2.42. The molecule has 5 rings (SSSR count). The van der Waals surface area contributed by atoms with Crippen LogP contribution < -0.4 is 0 Å². The maximum absolute atomic E-state index is 12.9. The van der Waals surface area contributed by atoms with E-state index in [0.717, 1.165) is 68.2 Å². The Balaban J connectivity index is 0.000000405. The van der Waals surface area contributed by atoms with E-state index in [1.807, 2.05) is 65.6 Å². The zero-order chi connectivity index (χ0) is 26.8. The molecule has 0 atom stereocenters. The Morgan fingerprint density at radius 2 is 1.70 bits per heavy atom. The number of imidazole rings is 1. The normalized spacial score (nSPS) is 17.2. The van der Waals surface area contributed by atoms with Crippen molar-refractivity contribution in [2.45, 2.75) is 38.0 Å². The van der Waals surface area contributed by atoms with Crippen LogP contribution in [-0.2, 0) is 23.9 Å². The predicted octanol–water partition coefficient (Wildman–Crippen LogP) is 3.38. The molecule has 12 heteroatoms. The van der Waals surface area contributed by atoms with Crippen molar-refractivity contribution in [3.8, 4) is 11.3 Å². The number of likely N-dealkylation sites (tertiary alicyclic amines) is 1. The summed E-state index contributed by atoms with van der Waals surface area (Å²) >= 11 is 0. The summed E-state index contributed by atoms with van der Waals surface area (Å²) in [6.45, 7) is 6.64. The van der Waals surface area contributed by atoms with Gasteiger partial charge in [0.05, 0.1) is 23.6 Å². The number of amides is 1. The molecule has 2 aliphatic rings. The first-order valence-electron chi connectivity index (χ1n) is 12.0. The van der Waals surface area contributed by atoms with Gasteiger partial charge < -0.3 is 14.6 Å². The van der Waals surface area contributed by atoms with E-state index in [9.17, 15) is 18.0 Å². The summed E-state index contributed by atoms with van der Waals surface area (Å²) < 4.78 is 35.9. The summed E-state index contributed by atoms with van der Waals surface area (Å²) in [7, 11) is 1.94. The van der Waals surface area contributed by atoms with Crippen LogP contribution in [0.2, 0.25) is 0 Å². The number of aliphatic carboxylic acids is 1. The minimum Gasteiger partial charge on any atom is -0.475 e. The van der Waals surface area contributed by atoms with Crippen LogP contribution in [0.25, 0.3) is 11.3 Å². The van der Waals surface area contributed by atoms with Crippen LogP contribution in [-0.4, -0.2) is 78.5 Å². The lowest BCUT2D eigenvalue weighted by Crippen LogP contribution is -2.58. The number of aryl methyl sites for hydroxylation is 1. The third-order valence-corrected chi connectivity index (χ3v) is 6.99. The molecule has 0 aliphatic carbocycles. The predicted molar refractivity (Wildman–Crippen MR) is 129 cm³/mol. The number of fused-ring (bicyclic) bond motifs is 2. The molecule has 37 heavy (non-hydrogen) atoms. The molecule has 198 valence electrons. The fourth-order valence-electron chi connectivity index (χ4n) is 5.18. The second kappa shape index (κ2) is 10.4. The molecule has 4 heterocycles. The van der Waals surface area contributed by atoms with Crippen molar-refractivity contribution in [2.75, 3.05) is 26.2 Å². The Hall–Kier alpha value is -3.67. The molecule has 0 unspecified atom stereocenters. The molecule has 0 saturated carbocycles. The van der Waals surface area contributed by atoms with Gasteiger partial charge in [-0.2, -0.15) is 18.3 Å². The SMILES string of the molecule is CCN1CCn2c(-c3cnn(C)c3)cnc2C12CCN(C(=O)c1ccccc1)CC2.O=C(O)C(F)(F)F. The molecule has 1 amide bonds. The summed E-state index contributed by atoms with van der Waals surface area (Å²) in [5.74, 6) is -1.49. The number of alkyl halides is 3. The molecule has 2 aliphatic heterocycles. The molecule has 1 saturated heterocycles. The van der Waals surface area contributed by atoms with E-state index < -0.39 is 12.1 Å². The zero-order valence-electron chi connectivity index (χ0n) is 20.6. The standard InChI is InChI=1S/C23H28N6O.C2HF3O2/c1-3-28-13-14-29-20(19-15-25-26(2)17-19)16-24-22(29)23(28)9-11-27(12-10-23)21(30)18-7-5-4-6-8-18;3-2(4,5)1(6)7/h4-8,15-17H,3,9-14H2,1-2H3;(H,6,7). The first kappa shape index (κ1) is 26.4. The monoisotopic (exact) mass is 518 g/mol. The minimum atomic E-state index is -5.08. The molecule has 1 aromatic carbocycles. The fraction of sp³-hybridized carbons (Fsp3) is 0.440. The van der Waals surface area contributed by atoms with Gasteiger partial charge in [0, 0.05) is 50.6 Å². The molecule has 9 nitrogen and oxygen atoms in total. The number of carbonyl (C=O) groups is 2. The third kappa shape index (κ3) is 5.24. The number of nitrogens with zero attached hydrogens (tertiary/aromatic N) is 6. The van der Waals surface area contributed by atoms with Gasteiger partial charge in [0.15, 0.2) is 0 Å². The van der Waals surface area contributed by atoms with Crippen LogP contribution in [0, 0.1) is 0 Å². The number of halogens is 3. The molecule has 0 radical (unpaired) electrons. The second-order valence-corrected chi connectivity index (χ2v) is 9.09. The van der Waals surface area contributed by atoms with Gasteiger partial charge in [0.25, 0.3) is 5.91 Å². The van der Waals surface area contributed by atoms with Crippen molar-refractivity contribution in [3.05, 3.63) is 60.3 Å². The number of likely N-dealkylation sites (N-methyl/N-ethyl adjacent to an activating group) is 1. The average Bonchev–Trinajstić information content (AvgIpc) is 3.51. The Labute approximate surface area is 212 Å². The average molecular weight is 519 g/mol. The Morgan fingerprint density at radius 1 is 1.05 bits per heavy atom. The molecule has 2 aromatic heterocycles. The Bertz CT molecular complexity index is 1250. The van der Waals surface area contributed by atoms with Crippen LogP contribution in [0.1, 0.15) is 35.9 Å². The Morgan fingerprint density at radius 3 is 2.24 bits per heavy atom. The molecular weight excluding hydrogens is 489 g/mol. The van der Waals surface area contributed by atoms with Crippen molar-refractivity contribution in [3.63, 3.8) is 0 Å². The molecule has 1 N–H and O–H groups in total. The van der Waals surface area contributed by atoms with Gasteiger partial charge in [-0.15, -0.1) is 0 Å². The van der Waals surface area contributed by atoms with E-state index in [1.54, 1.807) is 0 Å². The van der Waals surface area contributed by atoms with Gasteiger partial charge in [-0.25, -0.2) is 9.78 Å². The lowest BCUT2D eigenvalue weighted by atomic mass is 9.83. The van der Waals surface area contributed by atoms with Crippen LogP contribution in [0.3, 0.4) is 0 Å². The highest BCUT2D eigenvalue weighted by molar-refractivity contribution is 5.94. The highest BCUT2D eigenvalue weighted by atomic mass is 19.4. The molecule has 0 bridgehead atoms. The molecule has 1 fully saturated rings. The van der Waals surface area contributed by atoms with Gasteiger partial charge in [-0.3, -0.25) is 14.4 Å². The quantitative estimate of drug-likeness (QED) is 0.571. The van der Waals surface area contributed by atoms with Crippen LogP contribution in [0.5, 0.6) is 0 Å². The van der Waals surface area contributed by atoms with Gasteiger partial charge in [-0.1, -0.05) is 25.1 Å². The Kier molecular flexibility index (Phi) is 7.39. The number of hydrogen-bond donors (Lipinski definition) is 1. The van der Waals surface area contributed by atoms with Gasteiger partial charge in [0.2, 0.25) is 0 Å². The summed E-state index contributed by atoms with van der Waals surface area (Å²) in [5, 5.41) is 11.5. The van der Waals surface area contributed by atoms with Crippen LogP contribution in [0.15, 0.2) is 48.9 Å². The van der Waals surface area contributed by atoms with Crippen molar-refractivity contribution in [1.29, 1.82) is 0 Å². The van der Waals surface area contributed by atoms with Crippen LogP contribution in [0.4, 0.5) is 13.2 Å². The number of carbonyl (C=O) groups excluding carboxylic acids is 1. The van der Waals surface area contributed by atoms with Gasteiger partial charge in [-0.05, 0) is 31.5 Å². The van der Waals surface area contributed by atoms with E-state index in [1.165, 1.54) is 0 Å². The number of piperidine rings is 1. The lowest BCUT2D eigenvalue weighted by Gasteiger charge is -2.50. The molecular formula is C25H29F3N6O3. The minimum absolute atomic E-state index is 0.110. The maximum atomic E-state index is 12.9. The number of rotatable bonds is 3. The maximum Gasteiger partial charge on any atom is 0.490 e. The molecule has 1 spiro atoms. The lowest BCUT2D eigenvalue weighted by molar-refractivity contribution is -0.192. The van der Waals surface area contributed by atoms with Crippen molar-refractivity contribution in [1.82, 2.24) is 29.1 Å². The second-order valence-electron chi connectivity index (χ2n) is 9.09. The summed E-state index contributed by atoms with van der Waals surface area (Å²) in [6.07, 6.45) is 2.68.